The number of aromatic nitrogens is 2. The monoisotopic (exact) mass is 361 g/mol. The van der Waals surface area contributed by atoms with Crippen LogP contribution in [0.1, 0.15) is 16.1 Å². The number of thiazole rings is 1. The van der Waals surface area contributed by atoms with Gasteiger partial charge in [-0.2, -0.15) is 0 Å². The lowest BCUT2D eigenvalue weighted by molar-refractivity contribution is 0.0946. The summed E-state index contributed by atoms with van der Waals surface area (Å²) in [5.74, 6) is 0.505. The second-order valence-electron chi connectivity index (χ2n) is 5.61. The maximum atomic E-state index is 12.4. The van der Waals surface area contributed by atoms with Crippen LogP contribution in [-0.4, -0.2) is 15.9 Å². The zero-order valence-corrected chi connectivity index (χ0v) is 14.6. The molecular formula is C20H15N3O2S. The normalized spacial score (nSPS) is 10.6. The van der Waals surface area contributed by atoms with Crippen LogP contribution in [0, 0.1) is 0 Å². The van der Waals surface area contributed by atoms with E-state index in [1.54, 1.807) is 17.8 Å². The van der Waals surface area contributed by atoms with Crippen molar-refractivity contribution in [3.63, 3.8) is 0 Å². The molecule has 0 aliphatic heterocycles. The number of carbonyl (C=O) groups excluding carboxylic acids is 1. The fourth-order valence-electron chi connectivity index (χ4n) is 2.51. The highest BCUT2D eigenvalue weighted by Crippen LogP contribution is 2.23. The maximum absolute atomic E-state index is 12.4. The number of nitrogens with zero attached hydrogens (tertiary/aromatic N) is 2. The molecule has 6 heteroatoms. The Balaban J connectivity index is 1.43. The molecule has 4 aromatic rings. The highest BCUT2D eigenvalue weighted by Gasteiger charge is 2.12. The number of rotatable bonds is 5. The third-order valence-electron chi connectivity index (χ3n) is 3.81. The van der Waals surface area contributed by atoms with Crippen LogP contribution in [0.4, 0.5) is 0 Å². The Labute approximate surface area is 154 Å². The quantitative estimate of drug-likeness (QED) is 0.572. The van der Waals surface area contributed by atoms with Crippen molar-refractivity contribution in [2.45, 2.75) is 6.54 Å². The minimum atomic E-state index is -0.195. The Morgan fingerprint density at radius 2 is 2.00 bits per heavy atom. The van der Waals surface area contributed by atoms with Crippen LogP contribution in [0.25, 0.3) is 22.0 Å². The lowest BCUT2D eigenvalue weighted by Crippen LogP contribution is -2.23. The molecule has 0 saturated carbocycles. The van der Waals surface area contributed by atoms with Gasteiger partial charge >= 0.3 is 0 Å². The zero-order valence-electron chi connectivity index (χ0n) is 13.8. The number of hydrogen-bond donors (Lipinski definition) is 1. The van der Waals surface area contributed by atoms with Gasteiger partial charge in [0, 0.05) is 23.7 Å². The Kier molecular flexibility index (Phi) is 4.57. The van der Waals surface area contributed by atoms with Gasteiger partial charge in [0.25, 0.3) is 5.91 Å². The zero-order chi connectivity index (χ0) is 17.8. The van der Waals surface area contributed by atoms with Gasteiger partial charge in [-0.3, -0.25) is 9.78 Å². The van der Waals surface area contributed by atoms with Gasteiger partial charge in [-0.15, -0.1) is 11.3 Å². The van der Waals surface area contributed by atoms with E-state index in [1.807, 2.05) is 54.6 Å². The fourth-order valence-corrected chi connectivity index (χ4v) is 3.31. The summed E-state index contributed by atoms with van der Waals surface area (Å²) < 4.78 is 5.36. The van der Waals surface area contributed by atoms with Crippen molar-refractivity contribution in [1.29, 1.82) is 0 Å². The van der Waals surface area contributed by atoms with E-state index in [9.17, 15) is 4.79 Å². The van der Waals surface area contributed by atoms with Crippen molar-refractivity contribution in [2.75, 3.05) is 0 Å². The standard InChI is InChI=1S/C20H15N3O2S/c24-19(17-13-26-20(23-17)15-5-2-1-3-6-15)22-12-14-8-9-21-16(11-14)18-7-4-10-25-18/h1-11,13H,12H2,(H,22,24). The SMILES string of the molecule is O=C(NCc1ccnc(-c2ccco2)c1)c1csc(-c2ccccc2)n1. The van der Waals surface area contributed by atoms with E-state index < -0.39 is 0 Å². The first kappa shape index (κ1) is 16.2. The number of carbonyl (C=O) groups is 1. The Morgan fingerprint density at radius 1 is 1.12 bits per heavy atom. The molecule has 0 radical (unpaired) electrons. The summed E-state index contributed by atoms with van der Waals surface area (Å²) in [6.07, 6.45) is 3.31. The fraction of sp³-hybridized carbons (Fsp3) is 0.0500. The molecule has 0 saturated heterocycles. The third kappa shape index (κ3) is 3.55. The molecule has 0 fully saturated rings. The number of amides is 1. The van der Waals surface area contributed by atoms with Gasteiger partial charge in [0.15, 0.2) is 5.76 Å². The van der Waals surface area contributed by atoms with Crippen molar-refractivity contribution < 1.29 is 9.21 Å². The lowest BCUT2D eigenvalue weighted by Gasteiger charge is -2.05. The molecule has 3 aromatic heterocycles. The first-order chi connectivity index (χ1) is 12.8. The lowest BCUT2D eigenvalue weighted by atomic mass is 10.2. The molecule has 5 nitrogen and oxygen atoms in total. The van der Waals surface area contributed by atoms with E-state index >= 15 is 0 Å². The van der Waals surface area contributed by atoms with Crippen LogP contribution >= 0.6 is 11.3 Å². The van der Waals surface area contributed by atoms with Gasteiger partial charge < -0.3 is 9.73 Å². The molecule has 0 bridgehead atoms. The second kappa shape index (κ2) is 7.33. The Bertz CT molecular complexity index is 1010. The smallest absolute Gasteiger partial charge is 0.271 e. The molecular weight excluding hydrogens is 346 g/mol. The summed E-state index contributed by atoms with van der Waals surface area (Å²) in [4.78, 5) is 21.1. The molecule has 0 spiro atoms. The average Bonchev–Trinajstić information content (AvgIpc) is 3.39. The minimum absolute atomic E-state index is 0.195. The Hall–Kier alpha value is -3.25. The molecule has 1 amide bonds. The number of hydrogen-bond acceptors (Lipinski definition) is 5. The van der Waals surface area contributed by atoms with Crippen molar-refractivity contribution in [3.8, 4) is 22.0 Å². The molecule has 4 rings (SSSR count). The highest BCUT2D eigenvalue weighted by molar-refractivity contribution is 7.13. The molecule has 26 heavy (non-hydrogen) atoms. The maximum Gasteiger partial charge on any atom is 0.271 e. The second-order valence-corrected chi connectivity index (χ2v) is 6.47. The molecule has 128 valence electrons. The van der Waals surface area contributed by atoms with Gasteiger partial charge in [0.2, 0.25) is 0 Å². The first-order valence-corrected chi connectivity index (χ1v) is 8.95. The highest BCUT2D eigenvalue weighted by atomic mass is 32.1. The van der Waals surface area contributed by atoms with E-state index in [2.05, 4.69) is 15.3 Å². The third-order valence-corrected chi connectivity index (χ3v) is 4.70. The molecule has 1 N–H and O–H groups in total. The van der Waals surface area contributed by atoms with Crippen molar-refractivity contribution >= 4 is 17.2 Å². The summed E-state index contributed by atoms with van der Waals surface area (Å²) in [6, 6.07) is 17.3. The van der Waals surface area contributed by atoms with Gasteiger partial charge in [-0.05, 0) is 29.8 Å². The number of furan rings is 1. The molecule has 0 aliphatic carbocycles. The van der Waals surface area contributed by atoms with Crippen LogP contribution in [0.2, 0.25) is 0 Å². The van der Waals surface area contributed by atoms with Gasteiger partial charge in [0.1, 0.15) is 16.4 Å². The van der Waals surface area contributed by atoms with Crippen molar-refractivity contribution in [1.82, 2.24) is 15.3 Å². The van der Waals surface area contributed by atoms with Crippen LogP contribution in [0.15, 0.2) is 76.9 Å². The van der Waals surface area contributed by atoms with E-state index in [0.29, 0.717) is 18.0 Å². The largest absolute Gasteiger partial charge is 0.463 e. The van der Waals surface area contributed by atoms with Crippen LogP contribution in [-0.2, 0) is 6.54 Å². The molecule has 0 aliphatic rings. The van der Waals surface area contributed by atoms with E-state index in [0.717, 1.165) is 21.8 Å². The van der Waals surface area contributed by atoms with Crippen LogP contribution in [0.3, 0.4) is 0 Å². The summed E-state index contributed by atoms with van der Waals surface area (Å²) in [5.41, 5.74) is 3.11. The minimum Gasteiger partial charge on any atom is -0.463 e. The number of nitrogens with one attached hydrogen (secondary N) is 1. The predicted octanol–water partition coefficient (Wildman–Crippen LogP) is 4.40. The number of pyridine rings is 1. The molecule has 3 heterocycles. The van der Waals surface area contributed by atoms with Crippen LogP contribution in [0.5, 0.6) is 0 Å². The van der Waals surface area contributed by atoms with Crippen molar-refractivity contribution in [2.24, 2.45) is 0 Å². The molecule has 1 aromatic carbocycles. The summed E-state index contributed by atoms with van der Waals surface area (Å²) in [7, 11) is 0. The van der Waals surface area contributed by atoms with Gasteiger partial charge in [0.05, 0.1) is 6.26 Å². The summed E-state index contributed by atoms with van der Waals surface area (Å²) in [5, 5.41) is 5.51. The van der Waals surface area contributed by atoms with Gasteiger partial charge in [-0.25, -0.2) is 4.98 Å². The summed E-state index contributed by atoms with van der Waals surface area (Å²) in [6.45, 7) is 0.396. The van der Waals surface area contributed by atoms with Crippen molar-refractivity contribution in [3.05, 3.63) is 83.7 Å². The molecule has 0 unspecified atom stereocenters. The molecule has 0 atom stereocenters. The van der Waals surface area contributed by atoms with E-state index in [-0.39, 0.29) is 5.91 Å². The Morgan fingerprint density at radius 3 is 2.81 bits per heavy atom. The predicted molar refractivity (Wildman–Crippen MR) is 101 cm³/mol. The van der Waals surface area contributed by atoms with Crippen LogP contribution < -0.4 is 5.32 Å². The van der Waals surface area contributed by atoms with Gasteiger partial charge in [-0.1, -0.05) is 30.3 Å². The number of benzene rings is 1. The van der Waals surface area contributed by atoms with E-state index in [1.165, 1.54) is 11.3 Å². The summed E-state index contributed by atoms with van der Waals surface area (Å²) >= 11 is 1.46. The topological polar surface area (TPSA) is 68.0 Å². The van der Waals surface area contributed by atoms with E-state index in [4.69, 9.17) is 4.42 Å². The first-order valence-electron chi connectivity index (χ1n) is 8.07. The average molecular weight is 361 g/mol.